The van der Waals surface area contributed by atoms with E-state index in [0.717, 1.165) is 5.56 Å². The first-order valence-electron chi connectivity index (χ1n) is 9.53. The molecule has 1 aliphatic rings. The van der Waals surface area contributed by atoms with E-state index in [1.54, 1.807) is 24.3 Å². The lowest BCUT2D eigenvalue weighted by molar-refractivity contribution is -0.136. The molecule has 1 atom stereocenters. The van der Waals surface area contributed by atoms with E-state index in [-0.39, 0.29) is 6.54 Å². The summed E-state index contributed by atoms with van der Waals surface area (Å²) in [5, 5.41) is 9.34. The van der Waals surface area contributed by atoms with Crippen molar-refractivity contribution in [3.63, 3.8) is 0 Å². The number of amides is 2. The standard InChI is InChI=1S/C22H24ClN3O5/c1-29-17-9-8-13(10-18(17)30-2)20-19(21(27)31-3)16(25-22(28)26-20)12-24-11-14-6-4-5-7-15(14)23/h4-10,20,24H,11-12H2,1-3H3,(H2,25,26,28)/t20-/m1/s1. The van der Waals surface area contributed by atoms with Crippen LogP contribution < -0.4 is 25.4 Å². The molecule has 0 fully saturated rings. The molecule has 0 radical (unpaired) electrons. The van der Waals surface area contributed by atoms with Gasteiger partial charge in [-0.15, -0.1) is 0 Å². The van der Waals surface area contributed by atoms with Crippen LogP contribution >= 0.6 is 11.6 Å². The Labute approximate surface area is 185 Å². The van der Waals surface area contributed by atoms with Crippen molar-refractivity contribution in [1.29, 1.82) is 0 Å². The molecule has 3 N–H and O–H groups in total. The number of esters is 1. The van der Waals surface area contributed by atoms with Crippen molar-refractivity contribution in [2.45, 2.75) is 12.6 Å². The lowest BCUT2D eigenvalue weighted by atomic mass is 9.94. The van der Waals surface area contributed by atoms with E-state index in [4.69, 9.17) is 25.8 Å². The van der Waals surface area contributed by atoms with Crippen LogP contribution in [0.4, 0.5) is 4.79 Å². The van der Waals surface area contributed by atoms with Crippen molar-refractivity contribution >= 4 is 23.6 Å². The molecule has 2 aromatic rings. The summed E-state index contributed by atoms with van der Waals surface area (Å²) in [5.41, 5.74) is 2.26. The van der Waals surface area contributed by atoms with Crippen LogP contribution in [0.15, 0.2) is 53.7 Å². The SMILES string of the molecule is COC(=O)C1=C(CNCc2ccccc2Cl)NC(=O)N[C@@H]1c1ccc(OC)c(OC)c1. The predicted molar refractivity (Wildman–Crippen MR) is 116 cm³/mol. The van der Waals surface area contributed by atoms with Crippen molar-refractivity contribution < 1.29 is 23.8 Å². The molecule has 9 heteroatoms. The molecule has 1 heterocycles. The van der Waals surface area contributed by atoms with E-state index >= 15 is 0 Å². The second-order valence-corrected chi connectivity index (χ2v) is 7.13. The normalized spacial score (nSPS) is 15.7. The molecule has 2 aromatic carbocycles. The third kappa shape index (κ3) is 5.10. The number of carbonyl (C=O) groups excluding carboxylic acids is 2. The summed E-state index contributed by atoms with van der Waals surface area (Å²) in [6.45, 7) is 0.689. The average molecular weight is 446 g/mol. The van der Waals surface area contributed by atoms with Crippen molar-refractivity contribution in [1.82, 2.24) is 16.0 Å². The number of carbonyl (C=O) groups is 2. The fraction of sp³-hybridized carbons (Fsp3) is 0.273. The highest BCUT2D eigenvalue weighted by Gasteiger charge is 2.33. The highest BCUT2D eigenvalue weighted by atomic mass is 35.5. The molecule has 2 amide bonds. The summed E-state index contributed by atoms with van der Waals surface area (Å²) < 4.78 is 15.6. The number of halogens is 1. The Morgan fingerprint density at radius 3 is 2.48 bits per heavy atom. The lowest BCUT2D eigenvalue weighted by Crippen LogP contribution is -2.48. The highest BCUT2D eigenvalue weighted by Crippen LogP contribution is 2.34. The molecule has 8 nitrogen and oxygen atoms in total. The van der Waals surface area contributed by atoms with Gasteiger partial charge in [-0.3, -0.25) is 0 Å². The summed E-state index contributed by atoms with van der Waals surface area (Å²) in [7, 11) is 4.35. The van der Waals surface area contributed by atoms with Crippen LogP contribution in [-0.2, 0) is 16.1 Å². The Morgan fingerprint density at radius 2 is 1.81 bits per heavy atom. The van der Waals surface area contributed by atoms with Gasteiger partial charge in [0.1, 0.15) is 0 Å². The number of ether oxygens (including phenoxy) is 3. The second-order valence-electron chi connectivity index (χ2n) is 6.72. The number of nitrogens with one attached hydrogen (secondary N) is 3. The Balaban J connectivity index is 1.92. The first kappa shape index (κ1) is 22.5. The van der Waals surface area contributed by atoms with Gasteiger partial charge in [-0.25, -0.2) is 9.59 Å². The summed E-state index contributed by atoms with van der Waals surface area (Å²) in [5.74, 6) is 0.467. The number of hydrogen-bond donors (Lipinski definition) is 3. The fourth-order valence-electron chi connectivity index (χ4n) is 3.35. The van der Waals surface area contributed by atoms with Gasteiger partial charge in [-0.2, -0.15) is 0 Å². The van der Waals surface area contributed by atoms with Crippen molar-refractivity contribution in [2.75, 3.05) is 27.9 Å². The summed E-state index contributed by atoms with van der Waals surface area (Å²) in [6.07, 6.45) is 0. The van der Waals surface area contributed by atoms with Crippen LogP contribution in [0.25, 0.3) is 0 Å². The largest absolute Gasteiger partial charge is 0.493 e. The van der Waals surface area contributed by atoms with E-state index in [1.165, 1.54) is 21.3 Å². The molecule has 0 aromatic heterocycles. The van der Waals surface area contributed by atoms with Gasteiger partial charge in [-0.05, 0) is 29.3 Å². The minimum atomic E-state index is -0.724. The molecule has 0 aliphatic carbocycles. The zero-order chi connectivity index (χ0) is 22.4. The number of urea groups is 1. The van der Waals surface area contributed by atoms with Gasteiger partial charge >= 0.3 is 12.0 Å². The Morgan fingerprint density at radius 1 is 1.06 bits per heavy atom. The topological polar surface area (TPSA) is 97.9 Å². The predicted octanol–water partition coefficient (Wildman–Crippen LogP) is 2.93. The second kappa shape index (κ2) is 10.2. The number of hydrogen-bond acceptors (Lipinski definition) is 6. The molecule has 3 rings (SSSR count). The number of methoxy groups -OCH3 is 3. The lowest BCUT2D eigenvalue weighted by Gasteiger charge is -2.29. The molecular weight excluding hydrogens is 422 g/mol. The molecule has 0 unspecified atom stereocenters. The van der Waals surface area contributed by atoms with Crippen LogP contribution in [0.3, 0.4) is 0 Å². The number of benzene rings is 2. The van der Waals surface area contributed by atoms with E-state index < -0.39 is 18.0 Å². The van der Waals surface area contributed by atoms with Gasteiger partial charge in [0.15, 0.2) is 11.5 Å². The molecule has 164 valence electrons. The third-order valence-electron chi connectivity index (χ3n) is 4.87. The van der Waals surface area contributed by atoms with Crippen LogP contribution in [0.5, 0.6) is 11.5 Å². The Kier molecular flexibility index (Phi) is 7.38. The zero-order valence-corrected chi connectivity index (χ0v) is 18.2. The summed E-state index contributed by atoms with van der Waals surface area (Å²) in [6, 6.07) is 11.5. The van der Waals surface area contributed by atoms with Crippen LogP contribution in [0, 0.1) is 0 Å². The molecule has 0 spiro atoms. The van der Waals surface area contributed by atoms with E-state index in [0.29, 0.717) is 39.9 Å². The van der Waals surface area contributed by atoms with Crippen molar-refractivity contribution in [3.8, 4) is 11.5 Å². The Bertz CT molecular complexity index is 1010. The molecule has 0 saturated carbocycles. The highest BCUT2D eigenvalue weighted by molar-refractivity contribution is 6.31. The van der Waals surface area contributed by atoms with E-state index in [2.05, 4.69) is 16.0 Å². The maximum absolute atomic E-state index is 12.7. The maximum Gasteiger partial charge on any atom is 0.338 e. The van der Waals surface area contributed by atoms with Crippen LogP contribution in [-0.4, -0.2) is 39.9 Å². The van der Waals surface area contributed by atoms with Gasteiger partial charge in [0.05, 0.1) is 32.9 Å². The third-order valence-corrected chi connectivity index (χ3v) is 5.24. The van der Waals surface area contributed by atoms with E-state index in [9.17, 15) is 9.59 Å². The van der Waals surface area contributed by atoms with Gasteiger partial charge in [0.25, 0.3) is 0 Å². The number of rotatable bonds is 8. The summed E-state index contributed by atoms with van der Waals surface area (Å²) >= 11 is 6.20. The molecule has 0 saturated heterocycles. The minimum absolute atomic E-state index is 0.229. The molecular formula is C22H24ClN3O5. The first-order valence-corrected chi connectivity index (χ1v) is 9.91. The zero-order valence-electron chi connectivity index (χ0n) is 17.5. The molecule has 0 bridgehead atoms. The van der Waals surface area contributed by atoms with Gasteiger partial charge in [0, 0.05) is 23.8 Å². The van der Waals surface area contributed by atoms with Gasteiger partial charge < -0.3 is 30.2 Å². The van der Waals surface area contributed by atoms with Crippen LogP contribution in [0.1, 0.15) is 17.2 Å². The maximum atomic E-state index is 12.7. The van der Waals surface area contributed by atoms with E-state index in [1.807, 2.05) is 18.2 Å². The first-order chi connectivity index (χ1) is 15.0. The van der Waals surface area contributed by atoms with Gasteiger partial charge in [0.2, 0.25) is 0 Å². The average Bonchev–Trinajstić information content (AvgIpc) is 2.79. The Hall–Kier alpha value is -3.23. The monoisotopic (exact) mass is 445 g/mol. The quantitative estimate of drug-likeness (QED) is 0.540. The van der Waals surface area contributed by atoms with Crippen LogP contribution in [0.2, 0.25) is 5.02 Å². The van der Waals surface area contributed by atoms with Gasteiger partial charge in [-0.1, -0.05) is 35.9 Å². The summed E-state index contributed by atoms with van der Waals surface area (Å²) in [4.78, 5) is 25.0. The molecule has 1 aliphatic heterocycles. The fourth-order valence-corrected chi connectivity index (χ4v) is 3.56. The molecule has 31 heavy (non-hydrogen) atoms. The smallest absolute Gasteiger partial charge is 0.338 e. The van der Waals surface area contributed by atoms with Crippen molar-refractivity contribution in [3.05, 3.63) is 69.9 Å². The van der Waals surface area contributed by atoms with Crippen molar-refractivity contribution in [2.24, 2.45) is 0 Å². The minimum Gasteiger partial charge on any atom is -0.493 e.